The van der Waals surface area contributed by atoms with Crippen molar-refractivity contribution in [3.05, 3.63) is 69.8 Å². The first-order chi connectivity index (χ1) is 12.0. The number of hydrogen-bond donors (Lipinski definition) is 2. The van der Waals surface area contributed by atoms with E-state index in [4.69, 9.17) is 5.21 Å². The fourth-order valence-corrected chi connectivity index (χ4v) is 3.42. The van der Waals surface area contributed by atoms with Crippen molar-refractivity contribution in [2.24, 2.45) is 0 Å². The zero-order chi connectivity index (χ0) is 18.0. The molecule has 0 atom stereocenters. The van der Waals surface area contributed by atoms with E-state index >= 15 is 0 Å². The molecule has 0 spiro atoms. The maximum absolute atomic E-state index is 12.9. The summed E-state index contributed by atoms with van der Waals surface area (Å²) in [5, 5.41) is 8.78. The van der Waals surface area contributed by atoms with Gasteiger partial charge in [-0.05, 0) is 62.1 Å². The topological polar surface area (TPSA) is 69.6 Å². The summed E-state index contributed by atoms with van der Waals surface area (Å²) in [6.07, 6.45) is 1.65. The van der Waals surface area contributed by atoms with Crippen LogP contribution in [0.3, 0.4) is 0 Å². The molecule has 1 aliphatic heterocycles. The molecule has 0 unspecified atom stereocenters. The van der Waals surface area contributed by atoms with Gasteiger partial charge in [0, 0.05) is 24.2 Å². The maximum Gasteiger partial charge on any atom is 0.274 e. The van der Waals surface area contributed by atoms with E-state index < -0.39 is 5.91 Å². The highest BCUT2D eigenvalue weighted by atomic mass is 16.5. The lowest BCUT2D eigenvalue weighted by molar-refractivity contribution is 0.0705. The van der Waals surface area contributed by atoms with Crippen molar-refractivity contribution < 1.29 is 14.8 Å². The second-order valence-corrected chi connectivity index (χ2v) is 6.63. The number of aryl methyl sites for hydroxylation is 3. The third-order valence-electron chi connectivity index (χ3n) is 4.56. The van der Waals surface area contributed by atoms with Gasteiger partial charge >= 0.3 is 0 Å². The zero-order valence-corrected chi connectivity index (χ0v) is 14.5. The van der Waals surface area contributed by atoms with Crippen LogP contribution in [0.2, 0.25) is 0 Å². The minimum absolute atomic E-state index is 0.0387. The fraction of sp³-hybridized carbons (Fsp3) is 0.300. The molecule has 0 fully saturated rings. The Morgan fingerprint density at radius 2 is 1.72 bits per heavy atom. The van der Waals surface area contributed by atoms with Crippen LogP contribution in [0.15, 0.2) is 36.4 Å². The quantitative estimate of drug-likeness (QED) is 0.653. The van der Waals surface area contributed by atoms with Crippen LogP contribution >= 0.6 is 0 Å². The number of hydrogen-bond acceptors (Lipinski definition) is 3. The second kappa shape index (κ2) is 7.07. The Kier molecular flexibility index (Phi) is 4.86. The molecule has 0 radical (unpaired) electrons. The van der Waals surface area contributed by atoms with Gasteiger partial charge in [-0.1, -0.05) is 23.3 Å². The van der Waals surface area contributed by atoms with Gasteiger partial charge in [-0.2, -0.15) is 0 Å². The van der Waals surface area contributed by atoms with Crippen LogP contribution in [0.1, 0.15) is 49.4 Å². The van der Waals surface area contributed by atoms with Crippen molar-refractivity contribution in [1.82, 2.24) is 10.4 Å². The maximum atomic E-state index is 12.9. The summed E-state index contributed by atoms with van der Waals surface area (Å²) < 4.78 is 0. The summed E-state index contributed by atoms with van der Waals surface area (Å²) in [7, 11) is 0. The first-order valence-corrected chi connectivity index (χ1v) is 8.42. The fourth-order valence-electron chi connectivity index (χ4n) is 3.42. The van der Waals surface area contributed by atoms with Gasteiger partial charge in [0.1, 0.15) is 0 Å². The summed E-state index contributed by atoms with van der Waals surface area (Å²) >= 11 is 0. The predicted molar refractivity (Wildman–Crippen MR) is 94.7 cm³/mol. The lowest BCUT2D eigenvalue weighted by Crippen LogP contribution is -2.30. The molecule has 0 aliphatic carbocycles. The van der Waals surface area contributed by atoms with Gasteiger partial charge in [-0.3, -0.25) is 14.8 Å². The molecule has 130 valence electrons. The molecule has 0 aromatic heterocycles. The highest BCUT2D eigenvalue weighted by molar-refractivity contribution is 5.95. The number of fused-ring (bicyclic) bond motifs is 1. The molecule has 5 nitrogen and oxygen atoms in total. The first-order valence-electron chi connectivity index (χ1n) is 8.42. The Hall–Kier alpha value is -2.66. The van der Waals surface area contributed by atoms with E-state index in [1.165, 1.54) is 0 Å². The Labute approximate surface area is 147 Å². The minimum Gasteiger partial charge on any atom is -0.334 e. The Bertz CT molecular complexity index is 809. The number of rotatable bonds is 2. The number of amides is 2. The van der Waals surface area contributed by atoms with Crippen LogP contribution in [0.25, 0.3) is 0 Å². The van der Waals surface area contributed by atoms with E-state index in [0.717, 1.165) is 40.7 Å². The van der Waals surface area contributed by atoms with Crippen molar-refractivity contribution >= 4 is 11.8 Å². The molecule has 2 aromatic carbocycles. The Balaban J connectivity index is 1.86. The van der Waals surface area contributed by atoms with Crippen LogP contribution in [-0.4, -0.2) is 28.5 Å². The molecule has 2 amide bonds. The normalized spacial score (nSPS) is 13.8. The summed E-state index contributed by atoms with van der Waals surface area (Å²) in [6, 6.07) is 11.3. The third kappa shape index (κ3) is 3.72. The van der Waals surface area contributed by atoms with E-state index in [1.807, 2.05) is 36.9 Å². The molecule has 2 N–H and O–H groups in total. The van der Waals surface area contributed by atoms with Crippen molar-refractivity contribution in [1.29, 1.82) is 0 Å². The SMILES string of the molecule is Cc1cc(C)cc(C(=O)N2CCCc3cc(C(=O)NO)ccc3C2)c1. The molecule has 1 heterocycles. The van der Waals surface area contributed by atoms with E-state index in [-0.39, 0.29) is 5.91 Å². The van der Waals surface area contributed by atoms with Crippen molar-refractivity contribution in [3.8, 4) is 0 Å². The molecular weight excluding hydrogens is 316 g/mol. The molecule has 0 saturated carbocycles. The first kappa shape index (κ1) is 17.2. The predicted octanol–water partition coefficient (Wildman–Crippen LogP) is 3.01. The number of carbonyl (C=O) groups is 2. The van der Waals surface area contributed by atoms with Crippen molar-refractivity contribution in [2.45, 2.75) is 33.2 Å². The average molecular weight is 338 g/mol. The standard InChI is InChI=1S/C20H22N2O3/c1-13-8-14(2)10-18(9-13)20(24)22-7-3-4-15-11-16(19(23)21-25)5-6-17(15)12-22/h5-6,8-11,25H,3-4,7,12H2,1-2H3,(H,21,23). The monoisotopic (exact) mass is 338 g/mol. The third-order valence-corrected chi connectivity index (χ3v) is 4.56. The summed E-state index contributed by atoms with van der Waals surface area (Å²) in [5.74, 6) is -0.480. The van der Waals surface area contributed by atoms with E-state index in [9.17, 15) is 9.59 Å². The summed E-state index contributed by atoms with van der Waals surface area (Å²) in [4.78, 5) is 26.4. The molecule has 5 heteroatoms. The van der Waals surface area contributed by atoms with Gasteiger partial charge in [0.15, 0.2) is 0 Å². The minimum atomic E-state index is -0.518. The van der Waals surface area contributed by atoms with Crippen molar-refractivity contribution in [2.75, 3.05) is 6.54 Å². The highest BCUT2D eigenvalue weighted by Crippen LogP contribution is 2.22. The molecule has 2 aromatic rings. The molecule has 25 heavy (non-hydrogen) atoms. The molecular formula is C20H22N2O3. The number of nitrogens with zero attached hydrogens (tertiary/aromatic N) is 1. The van der Waals surface area contributed by atoms with Gasteiger partial charge in [-0.15, -0.1) is 0 Å². The molecule has 0 saturated heterocycles. The van der Waals surface area contributed by atoms with Gasteiger partial charge < -0.3 is 4.90 Å². The van der Waals surface area contributed by atoms with E-state index in [1.54, 1.807) is 17.6 Å². The van der Waals surface area contributed by atoms with Crippen LogP contribution in [0, 0.1) is 13.8 Å². The molecule has 3 rings (SSSR count). The van der Waals surface area contributed by atoms with E-state index in [2.05, 4.69) is 6.07 Å². The average Bonchev–Trinajstić information content (AvgIpc) is 2.81. The van der Waals surface area contributed by atoms with Crippen LogP contribution in [0.4, 0.5) is 0 Å². The largest absolute Gasteiger partial charge is 0.334 e. The number of hydroxylamine groups is 1. The lowest BCUT2D eigenvalue weighted by atomic mass is 10.0. The second-order valence-electron chi connectivity index (χ2n) is 6.63. The van der Waals surface area contributed by atoms with Gasteiger partial charge in [0.25, 0.3) is 11.8 Å². The van der Waals surface area contributed by atoms with Crippen LogP contribution in [0.5, 0.6) is 0 Å². The van der Waals surface area contributed by atoms with Crippen LogP contribution in [-0.2, 0) is 13.0 Å². The summed E-state index contributed by atoms with van der Waals surface area (Å²) in [5.41, 5.74) is 7.07. The number of carbonyl (C=O) groups excluding carboxylic acids is 2. The zero-order valence-electron chi connectivity index (χ0n) is 14.5. The van der Waals surface area contributed by atoms with Gasteiger partial charge in [0.05, 0.1) is 0 Å². The highest BCUT2D eigenvalue weighted by Gasteiger charge is 2.21. The molecule has 0 bridgehead atoms. The van der Waals surface area contributed by atoms with Gasteiger partial charge in [0.2, 0.25) is 0 Å². The van der Waals surface area contributed by atoms with Crippen molar-refractivity contribution in [3.63, 3.8) is 0 Å². The number of nitrogens with one attached hydrogen (secondary N) is 1. The van der Waals surface area contributed by atoms with Crippen LogP contribution < -0.4 is 5.48 Å². The van der Waals surface area contributed by atoms with E-state index in [0.29, 0.717) is 18.7 Å². The lowest BCUT2D eigenvalue weighted by Gasteiger charge is -2.21. The molecule has 1 aliphatic rings. The summed E-state index contributed by atoms with van der Waals surface area (Å²) in [6.45, 7) is 5.20. The number of benzene rings is 2. The smallest absolute Gasteiger partial charge is 0.274 e. The Morgan fingerprint density at radius 1 is 1.00 bits per heavy atom. The Morgan fingerprint density at radius 3 is 2.40 bits per heavy atom. The van der Waals surface area contributed by atoms with Gasteiger partial charge in [-0.25, -0.2) is 5.48 Å².